The summed E-state index contributed by atoms with van der Waals surface area (Å²) in [5, 5.41) is 20.7. The first kappa shape index (κ1) is 15.0. The summed E-state index contributed by atoms with van der Waals surface area (Å²) < 4.78 is 11.8. The lowest BCUT2D eigenvalue weighted by Crippen LogP contribution is -2.46. The van der Waals surface area contributed by atoms with Crippen molar-refractivity contribution in [2.45, 2.75) is 76.5 Å². The maximum absolute atomic E-state index is 12.3. The van der Waals surface area contributed by atoms with E-state index in [1.165, 1.54) is 0 Å². The summed E-state index contributed by atoms with van der Waals surface area (Å²) in [5.41, 5.74) is -1.09. The molecule has 0 radical (unpaired) electrons. The molecule has 0 amide bonds. The second kappa shape index (κ2) is 4.54. The van der Waals surface area contributed by atoms with Gasteiger partial charge >= 0.3 is 0 Å². The number of Topliss-reactive ketones (excluding diaryl/α,β-unsaturated/α-hetero) is 1. The molecule has 2 aliphatic heterocycles. The fraction of sp³-hybridized carbons (Fsp3) is 0.812. The standard InChI is InChI=1S/C16H24O5/c1-15(2)7-9(17)12-10(21-15)5-8-6-11(16(3,4)19)20-14(8)13(12)18/h8,11,13-14,18-19H,5-7H2,1-4H3/t8-,11-,13+,14-/m1/s1. The van der Waals surface area contributed by atoms with Crippen molar-refractivity contribution in [2.75, 3.05) is 0 Å². The largest absolute Gasteiger partial charge is 0.491 e. The average molecular weight is 296 g/mol. The number of ether oxygens (including phenoxy) is 2. The number of ketones is 1. The summed E-state index contributed by atoms with van der Waals surface area (Å²) in [6.45, 7) is 7.19. The monoisotopic (exact) mass is 296 g/mol. The van der Waals surface area contributed by atoms with Crippen LogP contribution in [0.15, 0.2) is 11.3 Å². The fourth-order valence-corrected chi connectivity index (χ4v) is 3.70. The highest BCUT2D eigenvalue weighted by Crippen LogP contribution is 2.46. The number of carbonyl (C=O) groups excluding carboxylic acids is 1. The molecule has 0 aromatic heterocycles. The summed E-state index contributed by atoms with van der Waals surface area (Å²) in [5.74, 6) is 0.643. The van der Waals surface area contributed by atoms with Crippen molar-refractivity contribution in [3.63, 3.8) is 0 Å². The van der Waals surface area contributed by atoms with Gasteiger partial charge in [-0.2, -0.15) is 0 Å². The fourth-order valence-electron chi connectivity index (χ4n) is 3.70. The van der Waals surface area contributed by atoms with Crippen LogP contribution in [0, 0.1) is 5.92 Å². The highest BCUT2D eigenvalue weighted by Gasteiger charge is 2.52. The molecule has 0 saturated carbocycles. The minimum atomic E-state index is -0.957. The van der Waals surface area contributed by atoms with E-state index in [1.54, 1.807) is 13.8 Å². The summed E-state index contributed by atoms with van der Waals surface area (Å²) >= 11 is 0. The van der Waals surface area contributed by atoms with Crippen LogP contribution < -0.4 is 0 Å². The summed E-state index contributed by atoms with van der Waals surface area (Å²) in [6.07, 6.45) is -0.163. The molecule has 0 bridgehead atoms. The first-order valence-corrected chi connectivity index (χ1v) is 7.60. The van der Waals surface area contributed by atoms with Gasteiger partial charge in [0.15, 0.2) is 5.78 Å². The van der Waals surface area contributed by atoms with Crippen LogP contribution in [0.5, 0.6) is 0 Å². The molecule has 0 unspecified atom stereocenters. The second-order valence-electron chi connectivity index (χ2n) is 7.69. The third-order valence-electron chi connectivity index (χ3n) is 4.73. The highest BCUT2D eigenvalue weighted by molar-refractivity contribution is 5.98. The molecule has 1 aliphatic carbocycles. The smallest absolute Gasteiger partial charge is 0.168 e. The van der Waals surface area contributed by atoms with Gasteiger partial charge in [0.25, 0.3) is 0 Å². The molecule has 3 aliphatic rings. The van der Waals surface area contributed by atoms with E-state index in [9.17, 15) is 15.0 Å². The van der Waals surface area contributed by atoms with Crippen LogP contribution in [0.3, 0.4) is 0 Å². The number of fused-ring (bicyclic) bond motifs is 1. The molecule has 5 heteroatoms. The van der Waals surface area contributed by atoms with Gasteiger partial charge in [0.1, 0.15) is 17.5 Å². The first-order valence-electron chi connectivity index (χ1n) is 7.60. The van der Waals surface area contributed by atoms with Crippen LogP contribution in [0.2, 0.25) is 0 Å². The average Bonchev–Trinajstić information content (AvgIpc) is 2.70. The molecule has 21 heavy (non-hydrogen) atoms. The Balaban J connectivity index is 1.88. The SMILES string of the molecule is CC1(C)CC(=O)C2=C(C[C@@H]3C[C@H](C(C)(C)O)O[C@H]3[C@H]2O)O1. The van der Waals surface area contributed by atoms with Gasteiger partial charge in [-0.25, -0.2) is 0 Å². The van der Waals surface area contributed by atoms with Crippen LogP contribution in [-0.4, -0.2) is 45.5 Å². The highest BCUT2D eigenvalue weighted by atomic mass is 16.5. The maximum atomic E-state index is 12.3. The maximum Gasteiger partial charge on any atom is 0.168 e. The lowest BCUT2D eigenvalue weighted by atomic mass is 9.77. The van der Waals surface area contributed by atoms with Crippen molar-refractivity contribution in [2.24, 2.45) is 5.92 Å². The molecule has 3 rings (SSSR count). The van der Waals surface area contributed by atoms with Crippen molar-refractivity contribution in [3.05, 3.63) is 11.3 Å². The first-order chi connectivity index (χ1) is 9.58. The number of aliphatic hydroxyl groups excluding tert-OH is 1. The zero-order valence-corrected chi connectivity index (χ0v) is 13.0. The van der Waals surface area contributed by atoms with Gasteiger partial charge in [0, 0.05) is 6.42 Å². The minimum absolute atomic E-state index is 0.0532. The number of hydrogen-bond donors (Lipinski definition) is 2. The van der Waals surface area contributed by atoms with E-state index >= 15 is 0 Å². The van der Waals surface area contributed by atoms with Crippen molar-refractivity contribution in [1.82, 2.24) is 0 Å². The molecule has 0 aromatic carbocycles. The number of allylic oxidation sites excluding steroid dienone is 1. The van der Waals surface area contributed by atoms with Crippen molar-refractivity contribution in [3.8, 4) is 0 Å². The predicted molar refractivity (Wildman–Crippen MR) is 75.5 cm³/mol. The number of rotatable bonds is 1. The van der Waals surface area contributed by atoms with E-state index in [0.29, 0.717) is 24.2 Å². The predicted octanol–water partition coefficient (Wildman–Crippen LogP) is 1.32. The van der Waals surface area contributed by atoms with E-state index in [0.717, 1.165) is 0 Å². The number of hydrogen-bond acceptors (Lipinski definition) is 5. The Morgan fingerprint density at radius 1 is 1.33 bits per heavy atom. The van der Waals surface area contributed by atoms with Gasteiger partial charge in [-0.15, -0.1) is 0 Å². The molecule has 2 N–H and O–H groups in total. The van der Waals surface area contributed by atoms with E-state index in [4.69, 9.17) is 9.47 Å². The summed E-state index contributed by atoms with van der Waals surface area (Å²) in [6, 6.07) is 0. The van der Waals surface area contributed by atoms with Crippen molar-refractivity contribution < 1.29 is 24.5 Å². The van der Waals surface area contributed by atoms with Crippen LogP contribution in [0.4, 0.5) is 0 Å². The lowest BCUT2D eigenvalue weighted by molar-refractivity contribution is -0.134. The molecule has 118 valence electrons. The minimum Gasteiger partial charge on any atom is -0.491 e. The quantitative estimate of drug-likeness (QED) is 0.763. The third kappa shape index (κ3) is 2.51. The van der Waals surface area contributed by atoms with E-state index in [-0.39, 0.29) is 24.2 Å². The Morgan fingerprint density at radius 2 is 2.00 bits per heavy atom. The third-order valence-corrected chi connectivity index (χ3v) is 4.73. The van der Waals surface area contributed by atoms with Crippen molar-refractivity contribution >= 4 is 5.78 Å². The van der Waals surface area contributed by atoms with Gasteiger partial charge < -0.3 is 19.7 Å². The molecule has 2 heterocycles. The van der Waals surface area contributed by atoms with Gasteiger partial charge in [-0.3, -0.25) is 4.79 Å². The van der Waals surface area contributed by atoms with Gasteiger partial charge in [0.05, 0.1) is 29.8 Å². The van der Waals surface area contributed by atoms with E-state index < -0.39 is 23.4 Å². The molecule has 4 atom stereocenters. The van der Waals surface area contributed by atoms with E-state index in [1.807, 2.05) is 13.8 Å². The number of carbonyl (C=O) groups is 1. The molecule has 5 nitrogen and oxygen atoms in total. The van der Waals surface area contributed by atoms with Crippen LogP contribution >= 0.6 is 0 Å². The van der Waals surface area contributed by atoms with Crippen LogP contribution in [0.1, 0.15) is 47.0 Å². The van der Waals surface area contributed by atoms with Crippen molar-refractivity contribution in [1.29, 1.82) is 0 Å². The van der Waals surface area contributed by atoms with Crippen LogP contribution in [0.25, 0.3) is 0 Å². The summed E-state index contributed by atoms with van der Waals surface area (Å²) in [4.78, 5) is 12.3. The molecule has 0 spiro atoms. The van der Waals surface area contributed by atoms with E-state index in [2.05, 4.69) is 0 Å². The summed E-state index contributed by atoms with van der Waals surface area (Å²) in [7, 11) is 0. The Labute approximate surface area is 124 Å². The van der Waals surface area contributed by atoms with Gasteiger partial charge in [-0.1, -0.05) is 0 Å². The lowest BCUT2D eigenvalue weighted by Gasteiger charge is -2.40. The molecule has 0 aromatic rings. The van der Waals surface area contributed by atoms with Gasteiger partial charge in [0.2, 0.25) is 0 Å². The second-order valence-corrected chi connectivity index (χ2v) is 7.69. The molecule has 1 fully saturated rings. The molecular formula is C16H24O5. The Morgan fingerprint density at radius 3 is 2.62 bits per heavy atom. The Bertz CT molecular complexity index is 499. The Kier molecular flexibility index (Phi) is 3.24. The zero-order valence-electron chi connectivity index (χ0n) is 13.0. The molecular weight excluding hydrogens is 272 g/mol. The van der Waals surface area contributed by atoms with Gasteiger partial charge in [-0.05, 0) is 40.0 Å². The van der Waals surface area contributed by atoms with Crippen LogP contribution in [-0.2, 0) is 14.3 Å². The Hall–Kier alpha value is -0.910. The number of aliphatic hydroxyl groups is 2. The topological polar surface area (TPSA) is 76.0 Å². The molecule has 1 saturated heterocycles. The zero-order chi connectivity index (χ0) is 15.6. The normalized spacial score (nSPS) is 38.9.